The number of hydrogen-bond donors (Lipinski definition) is 1. The van der Waals surface area contributed by atoms with Gasteiger partial charge >= 0.3 is 0 Å². The van der Waals surface area contributed by atoms with E-state index in [2.05, 4.69) is 27.2 Å². The molecular weight excluding hydrogens is 212 g/mol. The molecule has 0 aromatic carbocycles. The van der Waals surface area contributed by atoms with E-state index in [9.17, 15) is 0 Å². The molecule has 2 atom stereocenters. The van der Waals surface area contributed by atoms with E-state index in [1.807, 2.05) is 18.5 Å². The van der Waals surface area contributed by atoms with Gasteiger partial charge in [-0.2, -0.15) is 0 Å². The Balaban J connectivity index is 1.61. The van der Waals surface area contributed by atoms with Crippen molar-refractivity contribution < 1.29 is 0 Å². The highest BCUT2D eigenvalue weighted by molar-refractivity contribution is 4.96. The Morgan fingerprint density at radius 1 is 1.24 bits per heavy atom. The van der Waals surface area contributed by atoms with Crippen molar-refractivity contribution in [3.63, 3.8) is 0 Å². The predicted octanol–water partition coefficient (Wildman–Crippen LogP) is 1.19. The molecule has 2 fully saturated rings. The van der Waals surface area contributed by atoms with Gasteiger partial charge in [-0.15, -0.1) is 0 Å². The molecular formula is C13H20N4. The van der Waals surface area contributed by atoms with Gasteiger partial charge in [0.05, 0.1) is 6.54 Å². The standard InChI is InChI=1S/C13H20N4/c1-17(9-13-14-5-2-6-15-13)12-7-10-3-4-11(8-12)16-10/h2,5-6,10-12,16H,3-4,7-9H2,1H3. The van der Waals surface area contributed by atoms with E-state index in [4.69, 9.17) is 0 Å². The zero-order chi connectivity index (χ0) is 11.7. The van der Waals surface area contributed by atoms with E-state index in [1.165, 1.54) is 25.7 Å². The maximum atomic E-state index is 4.30. The third-order valence-electron chi connectivity index (χ3n) is 4.08. The van der Waals surface area contributed by atoms with E-state index in [0.29, 0.717) is 6.04 Å². The molecule has 4 heteroatoms. The van der Waals surface area contributed by atoms with Crippen LogP contribution in [-0.2, 0) is 6.54 Å². The monoisotopic (exact) mass is 232 g/mol. The van der Waals surface area contributed by atoms with Crippen molar-refractivity contribution in [1.29, 1.82) is 0 Å². The van der Waals surface area contributed by atoms with Crippen LogP contribution in [-0.4, -0.2) is 40.0 Å². The first-order chi connectivity index (χ1) is 8.31. The van der Waals surface area contributed by atoms with Crippen molar-refractivity contribution in [2.24, 2.45) is 0 Å². The molecule has 92 valence electrons. The molecule has 3 heterocycles. The van der Waals surface area contributed by atoms with Crippen molar-refractivity contribution in [1.82, 2.24) is 20.2 Å². The SMILES string of the molecule is CN(Cc1ncccn1)C1CC2CCC(C1)N2. The topological polar surface area (TPSA) is 41.1 Å². The van der Waals surface area contributed by atoms with E-state index >= 15 is 0 Å². The number of fused-ring (bicyclic) bond motifs is 2. The third-order valence-corrected chi connectivity index (χ3v) is 4.08. The van der Waals surface area contributed by atoms with Gasteiger partial charge in [0.15, 0.2) is 0 Å². The average Bonchev–Trinajstić information content (AvgIpc) is 2.69. The highest BCUT2D eigenvalue weighted by Gasteiger charge is 2.35. The van der Waals surface area contributed by atoms with Gasteiger partial charge < -0.3 is 5.32 Å². The lowest BCUT2D eigenvalue weighted by molar-refractivity contribution is 0.162. The van der Waals surface area contributed by atoms with E-state index in [0.717, 1.165) is 24.5 Å². The molecule has 2 saturated heterocycles. The van der Waals surface area contributed by atoms with Crippen molar-refractivity contribution in [3.8, 4) is 0 Å². The highest BCUT2D eigenvalue weighted by atomic mass is 15.2. The maximum Gasteiger partial charge on any atom is 0.142 e. The van der Waals surface area contributed by atoms with Crippen LogP contribution in [0.5, 0.6) is 0 Å². The molecule has 17 heavy (non-hydrogen) atoms. The first-order valence-electron chi connectivity index (χ1n) is 6.53. The maximum absolute atomic E-state index is 4.30. The summed E-state index contributed by atoms with van der Waals surface area (Å²) in [6, 6.07) is 4.06. The van der Waals surface area contributed by atoms with Crippen LogP contribution in [0.2, 0.25) is 0 Å². The lowest BCUT2D eigenvalue weighted by Crippen LogP contribution is -2.46. The number of rotatable bonds is 3. The highest BCUT2D eigenvalue weighted by Crippen LogP contribution is 2.29. The second-order valence-corrected chi connectivity index (χ2v) is 5.34. The van der Waals surface area contributed by atoms with Crippen molar-refractivity contribution in [2.75, 3.05) is 7.05 Å². The largest absolute Gasteiger partial charge is 0.311 e. The Bertz CT molecular complexity index is 355. The van der Waals surface area contributed by atoms with Crippen molar-refractivity contribution in [3.05, 3.63) is 24.3 Å². The van der Waals surface area contributed by atoms with Gasteiger partial charge in [-0.3, -0.25) is 4.90 Å². The summed E-state index contributed by atoms with van der Waals surface area (Å²) in [7, 11) is 2.20. The van der Waals surface area contributed by atoms with Crippen molar-refractivity contribution in [2.45, 2.75) is 50.4 Å². The Morgan fingerprint density at radius 2 is 1.88 bits per heavy atom. The van der Waals surface area contributed by atoms with Gasteiger partial charge in [0.2, 0.25) is 0 Å². The molecule has 2 unspecified atom stereocenters. The Labute approximate surface area is 102 Å². The van der Waals surface area contributed by atoms with E-state index in [1.54, 1.807) is 0 Å². The van der Waals surface area contributed by atoms with E-state index in [-0.39, 0.29) is 0 Å². The van der Waals surface area contributed by atoms with Crippen LogP contribution in [0.4, 0.5) is 0 Å². The summed E-state index contributed by atoms with van der Waals surface area (Å²) in [5.41, 5.74) is 0. The van der Waals surface area contributed by atoms with Gasteiger partial charge in [0.25, 0.3) is 0 Å². The molecule has 0 aliphatic carbocycles. The zero-order valence-corrected chi connectivity index (χ0v) is 10.3. The Kier molecular flexibility index (Phi) is 3.07. The van der Waals surface area contributed by atoms with Gasteiger partial charge in [0.1, 0.15) is 5.82 Å². The van der Waals surface area contributed by atoms with Crippen LogP contribution in [0, 0.1) is 0 Å². The Morgan fingerprint density at radius 3 is 2.53 bits per heavy atom. The quantitative estimate of drug-likeness (QED) is 0.850. The molecule has 1 N–H and O–H groups in total. The van der Waals surface area contributed by atoms with Crippen molar-refractivity contribution >= 4 is 0 Å². The first kappa shape index (κ1) is 11.1. The van der Waals surface area contributed by atoms with Crippen LogP contribution in [0.1, 0.15) is 31.5 Å². The Hall–Kier alpha value is -1.00. The molecule has 0 radical (unpaired) electrons. The lowest BCUT2D eigenvalue weighted by Gasteiger charge is -2.35. The number of nitrogens with one attached hydrogen (secondary N) is 1. The smallest absolute Gasteiger partial charge is 0.142 e. The summed E-state index contributed by atoms with van der Waals surface area (Å²) >= 11 is 0. The summed E-state index contributed by atoms with van der Waals surface area (Å²) in [6.45, 7) is 0.866. The molecule has 1 aromatic heterocycles. The fraction of sp³-hybridized carbons (Fsp3) is 0.692. The molecule has 2 aliphatic heterocycles. The van der Waals surface area contributed by atoms with Crippen LogP contribution < -0.4 is 5.32 Å². The van der Waals surface area contributed by atoms with Gasteiger partial charge in [-0.25, -0.2) is 9.97 Å². The number of piperidine rings is 1. The summed E-state index contributed by atoms with van der Waals surface area (Å²) < 4.78 is 0. The minimum absolute atomic E-state index is 0.692. The second-order valence-electron chi connectivity index (χ2n) is 5.34. The molecule has 0 saturated carbocycles. The minimum atomic E-state index is 0.692. The fourth-order valence-electron chi connectivity index (χ4n) is 3.15. The molecule has 0 spiro atoms. The average molecular weight is 232 g/mol. The zero-order valence-electron chi connectivity index (χ0n) is 10.3. The van der Waals surface area contributed by atoms with Crippen LogP contribution in [0.3, 0.4) is 0 Å². The summed E-state index contributed by atoms with van der Waals surface area (Å²) in [5, 5.41) is 3.68. The fourth-order valence-corrected chi connectivity index (χ4v) is 3.15. The predicted molar refractivity (Wildman–Crippen MR) is 66.5 cm³/mol. The second kappa shape index (κ2) is 4.70. The number of nitrogens with zero attached hydrogens (tertiary/aromatic N) is 3. The molecule has 0 amide bonds. The molecule has 2 aliphatic rings. The molecule has 2 bridgehead atoms. The number of hydrogen-bond acceptors (Lipinski definition) is 4. The summed E-state index contributed by atoms with van der Waals surface area (Å²) in [5.74, 6) is 0.931. The molecule has 4 nitrogen and oxygen atoms in total. The van der Waals surface area contributed by atoms with Crippen LogP contribution in [0.25, 0.3) is 0 Å². The first-order valence-corrected chi connectivity index (χ1v) is 6.53. The molecule has 3 rings (SSSR count). The van der Waals surface area contributed by atoms with Crippen LogP contribution >= 0.6 is 0 Å². The van der Waals surface area contributed by atoms with Gasteiger partial charge in [-0.05, 0) is 38.8 Å². The third kappa shape index (κ3) is 2.48. The lowest BCUT2D eigenvalue weighted by atomic mass is 9.98. The normalized spacial score (nSPS) is 32.0. The number of aromatic nitrogens is 2. The summed E-state index contributed by atoms with van der Waals surface area (Å²) in [4.78, 5) is 11.0. The summed E-state index contributed by atoms with van der Waals surface area (Å²) in [6.07, 6.45) is 8.91. The van der Waals surface area contributed by atoms with Crippen LogP contribution in [0.15, 0.2) is 18.5 Å². The van der Waals surface area contributed by atoms with Gasteiger partial charge in [-0.1, -0.05) is 0 Å². The molecule has 1 aromatic rings. The minimum Gasteiger partial charge on any atom is -0.311 e. The van der Waals surface area contributed by atoms with Gasteiger partial charge in [0, 0.05) is 30.5 Å². The van der Waals surface area contributed by atoms with E-state index < -0.39 is 0 Å².